The Morgan fingerprint density at radius 1 is 1.22 bits per heavy atom. The van der Waals surface area contributed by atoms with E-state index in [4.69, 9.17) is 9.47 Å². The second-order valence-electron chi connectivity index (χ2n) is 6.97. The average Bonchev–Trinajstić information content (AvgIpc) is 3.45. The molecule has 1 aromatic carbocycles. The number of ether oxygens (including phenoxy) is 2. The number of nitrogens with zero attached hydrogens (tertiary/aromatic N) is 3. The number of methoxy groups -OCH3 is 1. The van der Waals surface area contributed by atoms with Crippen LogP contribution in [0.15, 0.2) is 34.2 Å². The molecular weight excluding hydrogens is 362 g/mol. The number of hydrogen-bond acceptors (Lipinski definition) is 5. The standard InChI is InChI=1S/C20H23N3O3S/c1-22-10-13(7-18(25-3)20(22)24)14-8-15-16(23(2)21-19(15)27-4)9-17(14)26-11-12-5-6-12/h7-10,12H,5-6,11H2,1-4H3. The van der Waals surface area contributed by atoms with Gasteiger partial charge in [-0.1, -0.05) is 0 Å². The van der Waals surface area contributed by atoms with Crippen LogP contribution >= 0.6 is 11.8 Å². The zero-order chi connectivity index (χ0) is 19.1. The van der Waals surface area contributed by atoms with E-state index in [1.807, 2.05) is 24.2 Å². The van der Waals surface area contributed by atoms with Crippen molar-refractivity contribution < 1.29 is 9.47 Å². The Morgan fingerprint density at radius 2 is 2.00 bits per heavy atom. The van der Waals surface area contributed by atoms with Crippen molar-refractivity contribution in [1.29, 1.82) is 0 Å². The molecule has 6 nitrogen and oxygen atoms in total. The van der Waals surface area contributed by atoms with Crippen molar-refractivity contribution in [1.82, 2.24) is 14.3 Å². The summed E-state index contributed by atoms with van der Waals surface area (Å²) in [6.07, 6.45) is 6.31. The molecule has 1 fully saturated rings. The molecule has 4 rings (SSSR count). The molecule has 1 saturated carbocycles. The summed E-state index contributed by atoms with van der Waals surface area (Å²) in [5.74, 6) is 1.78. The first kappa shape index (κ1) is 18.0. The summed E-state index contributed by atoms with van der Waals surface area (Å²) in [7, 11) is 5.19. The topological polar surface area (TPSA) is 58.3 Å². The van der Waals surface area contributed by atoms with Crippen LogP contribution in [0, 0.1) is 5.92 Å². The van der Waals surface area contributed by atoms with E-state index in [1.165, 1.54) is 20.0 Å². The maximum Gasteiger partial charge on any atom is 0.292 e. The predicted molar refractivity (Wildman–Crippen MR) is 108 cm³/mol. The summed E-state index contributed by atoms with van der Waals surface area (Å²) in [5.41, 5.74) is 2.71. The molecule has 1 aliphatic carbocycles. The van der Waals surface area contributed by atoms with E-state index in [0.717, 1.165) is 32.8 Å². The van der Waals surface area contributed by atoms with Crippen LogP contribution in [0.5, 0.6) is 11.5 Å². The van der Waals surface area contributed by atoms with E-state index >= 15 is 0 Å². The second kappa shape index (κ2) is 6.96. The van der Waals surface area contributed by atoms with Crippen molar-refractivity contribution in [2.75, 3.05) is 20.0 Å². The molecule has 0 atom stereocenters. The van der Waals surface area contributed by atoms with Crippen LogP contribution in [0.2, 0.25) is 0 Å². The van der Waals surface area contributed by atoms with Crippen molar-refractivity contribution in [3.8, 4) is 22.6 Å². The first-order valence-electron chi connectivity index (χ1n) is 8.94. The number of aryl methyl sites for hydroxylation is 2. The highest BCUT2D eigenvalue weighted by molar-refractivity contribution is 7.98. The van der Waals surface area contributed by atoms with Crippen molar-refractivity contribution >= 4 is 22.7 Å². The Morgan fingerprint density at radius 3 is 2.67 bits per heavy atom. The summed E-state index contributed by atoms with van der Waals surface area (Å²) in [6.45, 7) is 0.717. The molecule has 0 spiro atoms. The number of benzene rings is 1. The number of pyridine rings is 1. The van der Waals surface area contributed by atoms with Gasteiger partial charge in [-0.2, -0.15) is 5.10 Å². The highest BCUT2D eigenvalue weighted by Gasteiger charge is 2.23. The van der Waals surface area contributed by atoms with Crippen LogP contribution in [0.25, 0.3) is 22.0 Å². The van der Waals surface area contributed by atoms with Gasteiger partial charge < -0.3 is 14.0 Å². The summed E-state index contributed by atoms with van der Waals surface area (Å²) in [5, 5.41) is 6.65. The van der Waals surface area contributed by atoms with Gasteiger partial charge in [0.05, 0.1) is 19.2 Å². The van der Waals surface area contributed by atoms with Crippen LogP contribution in [-0.4, -0.2) is 34.3 Å². The van der Waals surface area contributed by atoms with Crippen molar-refractivity contribution in [3.05, 3.63) is 34.7 Å². The fraction of sp³-hybridized carbons (Fsp3) is 0.400. The molecule has 0 N–H and O–H groups in total. The Kier molecular flexibility index (Phi) is 4.63. The molecule has 0 saturated heterocycles. The van der Waals surface area contributed by atoms with Crippen molar-refractivity contribution in [2.24, 2.45) is 20.0 Å². The molecule has 0 amide bonds. The number of rotatable bonds is 6. The molecule has 1 aliphatic rings. The number of hydrogen-bond donors (Lipinski definition) is 0. The van der Waals surface area contributed by atoms with E-state index in [-0.39, 0.29) is 5.56 Å². The Balaban J connectivity index is 1.92. The van der Waals surface area contributed by atoms with Crippen LogP contribution in [0.1, 0.15) is 12.8 Å². The molecule has 2 heterocycles. The molecule has 7 heteroatoms. The normalized spacial score (nSPS) is 13.9. The molecule has 0 unspecified atom stereocenters. The highest BCUT2D eigenvalue weighted by Crippen LogP contribution is 2.39. The molecular formula is C20H23N3O3S. The fourth-order valence-corrected chi connectivity index (χ4v) is 3.80. The lowest BCUT2D eigenvalue weighted by Gasteiger charge is -2.14. The molecule has 3 aromatic rings. The van der Waals surface area contributed by atoms with E-state index in [0.29, 0.717) is 18.3 Å². The number of aromatic nitrogens is 3. The van der Waals surface area contributed by atoms with Crippen molar-refractivity contribution in [2.45, 2.75) is 17.9 Å². The first-order chi connectivity index (χ1) is 13.0. The van der Waals surface area contributed by atoms with Gasteiger partial charge in [0.25, 0.3) is 5.56 Å². The molecule has 2 aromatic heterocycles. The third-order valence-corrected chi connectivity index (χ3v) is 5.65. The van der Waals surface area contributed by atoms with Gasteiger partial charge in [0, 0.05) is 42.9 Å². The van der Waals surface area contributed by atoms with Gasteiger partial charge in [-0.15, -0.1) is 11.8 Å². The lowest BCUT2D eigenvalue weighted by atomic mass is 10.0. The van der Waals surface area contributed by atoms with Gasteiger partial charge in [0.2, 0.25) is 0 Å². The van der Waals surface area contributed by atoms with Crippen LogP contribution in [-0.2, 0) is 14.1 Å². The minimum Gasteiger partial charge on any atom is -0.493 e. The first-order valence-corrected chi connectivity index (χ1v) is 10.2. The van der Waals surface area contributed by atoms with Gasteiger partial charge >= 0.3 is 0 Å². The smallest absolute Gasteiger partial charge is 0.292 e. The van der Waals surface area contributed by atoms with Gasteiger partial charge in [0.1, 0.15) is 10.8 Å². The number of thioether (sulfide) groups is 1. The molecule has 142 valence electrons. The van der Waals surface area contributed by atoms with E-state index in [2.05, 4.69) is 17.2 Å². The third-order valence-electron chi connectivity index (χ3n) is 4.96. The molecule has 0 bridgehead atoms. The van der Waals surface area contributed by atoms with Gasteiger partial charge in [-0.3, -0.25) is 9.48 Å². The lowest BCUT2D eigenvalue weighted by Crippen LogP contribution is -2.17. The highest BCUT2D eigenvalue weighted by atomic mass is 32.2. The maximum absolute atomic E-state index is 12.2. The van der Waals surface area contributed by atoms with Gasteiger partial charge in [0.15, 0.2) is 5.75 Å². The molecule has 27 heavy (non-hydrogen) atoms. The summed E-state index contributed by atoms with van der Waals surface area (Å²) < 4.78 is 14.9. The lowest BCUT2D eigenvalue weighted by molar-refractivity contribution is 0.301. The largest absolute Gasteiger partial charge is 0.493 e. The number of fused-ring (bicyclic) bond motifs is 1. The maximum atomic E-state index is 12.2. The Bertz CT molecular complexity index is 1070. The van der Waals surface area contributed by atoms with Crippen LogP contribution in [0.4, 0.5) is 0 Å². The summed E-state index contributed by atoms with van der Waals surface area (Å²) >= 11 is 1.62. The molecule has 0 aliphatic heterocycles. The Hall–Kier alpha value is -2.41. The average molecular weight is 385 g/mol. The molecule has 0 radical (unpaired) electrons. The van der Waals surface area contributed by atoms with Gasteiger partial charge in [-0.05, 0) is 37.1 Å². The minimum atomic E-state index is -0.158. The van der Waals surface area contributed by atoms with Crippen molar-refractivity contribution in [3.63, 3.8) is 0 Å². The quantitative estimate of drug-likeness (QED) is 0.608. The summed E-state index contributed by atoms with van der Waals surface area (Å²) in [4.78, 5) is 12.2. The zero-order valence-corrected chi connectivity index (χ0v) is 16.8. The summed E-state index contributed by atoms with van der Waals surface area (Å²) in [6, 6.07) is 5.94. The fourth-order valence-electron chi connectivity index (χ4n) is 3.21. The van der Waals surface area contributed by atoms with E-state index < -0.39 is 0 Å². The van der Waals surface area contributed by atoms with Gasteiger partial charge in [-0.25, -0.2) is 0 Å². The van der Waals surface area contributed by atoms with E-state index in [1.54, 1.807) is 29.4 Å². The minimum absolute atomic E-state index is 0.158. The second-order valence-corrected chi connectivity index (χ2v) is 7.76. The van der Waals surface area contributed by atoms with Crippen LogP contribution < -0.4 is 15.0 Å². The Labute approximate surface area is 162 Å². The predicted octanol–water partition coefficient (Wildman–Crippen LogP) is 3.46. The van der Waals surface area contributed by atoms with E-state index in [9.17, 15) is 4.79 Å². The third kappa shape index (κ3) is 3.32. The monoisotopic (exact) mass is 385 g/mol. The zero-order valence-electron chi connectivity index (χ0n) is 16.0. The van der Waals surface area contributed by atoms with Crippen LogP contribution in [0.3, 0.4) is 0 Å². The SMILES string of the molecule is COc1cc(-c2cc3c(SC)nn(C)c3cc2OCC2CC2)cn(C)c1=O.